The molecular formula is C23H26N8S. The largest absolute Gasteiger partial charge is 0.339 e. The first kappa shape index (κ1) is 19.8. The van der Waals surface area contributed by atoms with Crippen LogP contribution in [0.25, 0.3) is 33.4 Å². The fourth-order valence-electron chi connectivity index (χ4n) is 5.23. The quantitative estimate of drug-likeness (QED) is 0.490. The third-order valence-electron chi connectivity index (χ3n) is 6.89. The highest BCUT2D eigenvalue weighted by molar-refractivity contribution is 7.09. The molecule has 1 aromatic carbocycles. The number of fused-ring (bicyclic) bond motifs is 3. The van der Waals surface area contributed by atoms with Crippen LogP contribution >= 0.6 is 11.3 Å². The number of anilines is 1. The summed E-state index contributed by atoms with van der Waals surface area (Å²) < 4.78 is 0. The van der Waals surface area contributed by atoms with Crippen LogP contribution in [0.4, 0.5) is 5.95 Å². The van der Waals surface area contributed by atoms with Gasteiger partial charge in [0, 0.05) is 47.1 Å². The maximum atomic E-state index is 4.69. The number of nitrogens with zero attached hydrogens (tertiary/aromatic N) is 6. The fourth-order valence-corrected chi connectivity index (χ4v) is 5.84. The van der Waals surface area contributed by atoms with Gasteiger partial charge in [-0.25, -0.2) is 9.97 Å². The van der Waals surface area contributed by atoms with Crippen LogP contribution in [0.15, 0.2) is 29.9 Å². The van der Waals surface area contributed by atoms with Crippen LogP contribution < -0.4 is 10.2 Å². The van der Waals surface area contributed by atoms with Crippen LogP contribution in [0.3, 0.4) is 0 Å². The molecule has 0 spiro atoms. The Kier molecular flexibility index (Phi) is 4.87. The first-order valence-corrected chi connectivity index (χ1v) is 12.1. The summed E-state index contributed by atoms with van der Waals surface area (Å²) in [5, 5.41) is 24.3. The summed E-state index contributed by atoms with van der Waals surface area (Å²) in [4.78, 5) is 11.5. The smallest absolute Gasteiger partial charge is 0.245 e. The monoisotopic (exact) mass is 446 g/mol. The average Bonchev–Trinajstić information content (AvgIpc) is 3.47. The van der Waals surface area contributed by atoms with Crippen molar-refractivity contribution >= 4 is 28.2 Å². The Hall–Kier alpha value is -2.91. The van der Waals surface area contributed by atoms with E-state index in [9.17, 15) is 0 Å². The second-order valence-corrected chi connectivity index (χ2v) is 10.0. The predicted molar refractivity (Wildman–Crippen MR) is 127 cm³/mol. The van der Waals surface area contributed by atoms with Gasteiger partial charge in [-0.3, -0.25) is 5.10 Å². The maximum absolute atomic E-state index is 4.69. The number of hydrogen-bond acceptors (Lipinski definition) is 8. The highest BCUT2D eigenvalue weighted by atomic mass is 32.1. The van der Waals surface area contributed by atoms with E-state index in [0.29, 0.717) is 24.1 Å². The molecule has 2 bridgehead atoms. The molecule has 32 heavy (non-hydrogen) atoms. The summed E-state index contributed by atoms with van der Waals surface area (Å²) in [5.74, 6) is 0.691. The van der Waals surface area contributed by atoms with Crippen molar-refractivity contribution in [3.05, 3.63) is 34.9 Å². The van der Waals surface area contributed by atoms with Crippen molar-refractivity contribution in [2.24, 2.45) is 0 Å². The lowest BCUT2D eigenvalue weighted by Gasteiger charge is -2.43. The van der Waals surface area contributed by atoms with Crippen molar-refractivity contribution in [1.29, 1.82) is 0 Å². The molecule has 2 saturated heterocycles. The number of piperidine rings is 2. The van der Waals surface area contributed by atoms with Gasteiger partial charge in [0.2, 0.25) is 5.95 Å². The van der Waals surface area contributed by atoms with Crippen molar-refractivity contribution in [2.45, 2.75) is 57.2 Å². The standard InChI is InChI=1S/C23H26N8S/c1-13-26-21(12-32-13)18-7-6-17(19-10-25-29-22(18)19)20-11-24-23(30-28-20)31(2)16-8-14-4-3-5-15(9-16)27-14/h6-7,10-12,14-16,27H,3-5,8-9H2,1-2H3,(H,25,29)/t14-,15-/m1/s1. The van der Waals surface area contributed by atoms with Crippen LogP contribution in [0, 0.1) is 6.92 Å². The molecule has 0 saturated carbocycles. The number of nitrogens with one attached hydrogen (secondary N) is 2. The molecule has 0 amide bonds. The molecule has 2 atom stereocenters. The SMILES string of the molecule is Cc1nc(-c2ccc(-c3cnc(N(C)C4C[C@H]5CCC[C@H](C4)N5)nn3)c3cn[nH]c23)cs1. The molecule has 4 aromatic rings. The van der Waals surface area contributed by atoms with Crippen molar-refractivity contribution in [1.82, 2.24) is 35.7 Å². The molecule has 2 fully saturated rings. The Balaban J connectivity index is 1.28. The van der Waals surface area contributed by atoms with E-state index in [2.05, 4.69) is 65.1 Å². The predicted octanol–water partition coefficient (Wildman–Crippen LogP) is 3.96. The molecule has 2 N–H and O–H groups in total. The van der Waals surface area contributed by atoms with Crippen LogP contribution in [-0.4, -0.2) is 55.5 Å². The molecule has 8 nitrogen and oxygen atoms in total. The van der Waals surface area contributed by atoms with Gasteiger partial charge in [-0.1, -0.05) is 12.5 Å². The zero-order valence-electron chi connectivity index (χ0n) is 18.2. The number of aryl methyl sites for hydroxylation is 1. The summed E-state index contributed by atoms with van der Waals surface area (Å²) >= 11 is 1.65. The summed E-state index contributed by atoms with van der Waals surface area (Å²) in [6.07, 6.45) is 9.84. The molecule has 2 aliphatic heterocycles. The van der Waals surface area contributed by atoms with Gasteiger partial charge in [0.05, 0.1) is 28.6 Å². The lowest BCUT2D eigenvalue weighted by atomic mass is 9.83. The number of hydrogen-bond donors (Lipinski definition) is 2. The normalized spacial score (nSPS) is 22.9. The molecule has 9 heteroatoms. The van der Waals surface area contributed by atoms with Crippen molar-refractivity contribution in [2.75, 3.05) is 11.9 Å². The summed E-state index contributed by atoms with van der Waals surface area (Å²) in [6, 6.07) is 5.83. The van der Waals surface area contributed by atoms with Gasteiger partial charge in [0.15, 0.2) is 0 Å². The molecule has 6 rings (SSSR count). The van der Waals surface area contributed by atoms with Gasteiger partial charge in [0.1, 0.15) is 5.69 Å². The summed E-state index contributed by atoms with van der Waals surface area (Å²) in [7, 11) is 2.10. The van der Waals surface area contributed by atoms with E-state index in [1.807, 2.05) is 19.3 Å². The zero-order valence-corrected chi connectivity index (χ0v) is 19.1. The first-order valence-electron chi connectivity index (χ1n) is 11.2. The van der Waals surface area contributed by atoms with Gasteiger partial charge in [-0.15, -0.1) is 21.5 Å². The minimum atomic E-state index is 0.459. The van der Waals surface area contributed by atoms with Crippen LogP contribution in [0.1, 0.15) is 37.1 Å². The van der Waals surface area contributed by atoms with Gasteiger partial charge in [-0.2, -0.15) is 5.10 Å². The van der Waals surface area contributed by atoms with E-state index in [1.165, 1.54) is 19.3 Å². The van der Waals surface area contributed by atoms with Crippen molar-refractivity contribution < 1.29 is 0 Å². The number of rotatable bonds is 4. The van der Waals surface area contributed by atoms with Gasteiger partial charge in [-0.05, 0) is 38.7 Å². The van der Waals surface area contributed by atoms with Crippen LogP contribution in [0.2, 0.25) is 0 Å². The maximum Gasteiger partial charge on any atom is 0.245 e. The number of aromatic nitrogens is 6. The van der Waals surface area contributed by atoms with E-state index in [0.717, 1.165) is 51.3 Å². The number of benzene rings is 1. The molecule has 2 aliphatic rings. The lowest BCUT2D eigenvalue weighted by molar-refractivity contribution is 0.218. The lowest BCUT2D eigenvalue weighted by Crippen LogP contribution is -2.54. The van der Waals surface area contributed by atoms with E-state index in [1.54, 1.807) is 11.3 Å². The summed E-state index contributed by atoms with van der Waals surface area (Å²) in [6.45, 7) is 2.02. The zero-order chi connectivity index (χ0) is 21.7. The summed E-state index contributed by atoms with van der Waals surface area (Å²) in [5.41, 5.74) is 4.67. The average molecular weight is 447 g/mol. The number of aromatic amines is 1. The fraction of sp³-hybridized carbons (Fsp3) is 0.435. The Morgan fingerprint density at radius 1 is 1.03 bits per heavy atom. The van der Waals surface area contributed by atoms with Gasteiger partial charge < -0.3 is 10.2 Å². The number of H-pyrrole nitrogens is 1. The molecule has 0 unspecified atom stereocenters. The molecule has 3 aromatic heterocycles. The minimum absolute atomic E-state index is 0.459. The van der Waals surface area contributed by atoms with E-state index < -0.39 is 0 Å². The molecule has 164 valence electrons. The minimum Gasteiger partial charge on any atom is -0.339 e. The number of thiazole rings is 1. The molecular weight excluding hydrogens is 420 g/mol. The Morgan fingerprint density at radius 2 is 1.84 bits per heavy atom. The highest BCUT2D eigenvalue weighted by Gasteiger charge is 2.33. The molecule has 5 heterocycles. The van der Waals surface area contributed by atoms with Crippen molar-refractivity contribution in [3.8, 4) is 22.5 Å². The Bertz CT molecular complexity index is 1230. The van der Waals surface area contributed by atoms with Crippen molar-refractivity contribution in [3.63, 3.8) is 0 Å². The van der Waals surface area contributed by atoms with Crippen LogP contribution in [-0.2, 0) is 0 Å². The molecule has 0 radical (unpaired) electrons. The van der Waals surface area contributed by atoms with Gasteiger partial charge >= 0.3 is 0 Å². The Labute approximate surface area is 190 Å². The molecule has 0 aliphatic carbocycles. The third kappa shape index (κ3) is 3.45. The first-order chi connectivity index (χ1) is 15.7. The van der Waals surface area contributed by atoms with Gasteiger partial charge in [0.25, 0.3) is 0 Å². The Morgan fingerprint density at radius 3 is 2.56 bits per heavy atom. The van der Waals surface area contributed by atoms with Crippen LogP contribution in [0.5, 0.6) is 0 Å². The van der Waals surface area contributed by atoms with E-state index in [4.69, 9.17) is 0 Å². The second kappa shape index (κ2) is 7.90. The topological polar surface area (TPSA) is 95.5 Å². The highest BCUT2D eigenvalue weighted by Crippen LogP contribution is 2.34. The third-order valence-corrected chi connectivity index (χ3v) is 7.66. The van der Waals surface area contributed by atoms with E-state index in [-0.39, 0.29) is 0 Å². The van der Waals surface area contributed by atoms with E-state index >= 15 is 0 Å². The second-order valence-electron chi connectivity index (χ2n) is 8.94.